The Kier molecular flexibility index (Phi) is 22.8. The Morgan fingerprint density at radius 1 is 0.829 bits per heavy atom. The first kappa shape index (κ1) is 57.8. The van der Waals surface area contributed by atoms with Gasteiger partial charge < -0.3 is 48.1 Å². The van der Waals surface area contributed by atoms with Crippen LogP contribution in [-0.4, -0.2) is 130 Å². The van der Waals surface area contributed by atoms with Gasteiger partial charge in [-0.15, -0.1) is 0 Å². The van der Waals surface area contributed by atoms with Crippen molar-refractivity contribution in [2.24, 2.45) is 52.7 Å². The maximum absolute atomic E-state index is 14.6. The van der Waals surface area contributed by atoms with Crippen LogP contribution in [0.15, 0.2) is 24.3 Å². The average Bonchev–Trinajstić information content (AvgIpc) is 3.79. The van der Waals surface area contributed by atoms with Crippen molar-refractivity contribution < 1.29 is 62.6 Å². The van der Waals surface area contributed by atoms with Gasteiger partial charge in [0.1, 0.15) is 5.75 Å². The zero-order chi connectivity index (χ0) is 52.4. The molecule has 1 aromatic rings. The molecule has 10 N–H and O–H groups in total. The number of phenols is 1. The summed E-state index contributed by atoms with van der Waals surface area (Å²) in [7, 11) is 1.36. The number of phenolic OH excluding ortho intramolecular Hbond substituents is 1. The predicted octanol–water partition coefficient (Wildman–Crippen LogP) is 0.284. The van der Waals surface area contributed by atoms with Gasteiger partial charge in [-0.1, -0.05) is 46.2 Å². The maximum atomic E-state index is 14.6. The number of likely N-dealkylation sites (N-methyl/N-ethyl adjacent to an activating group) is 1. The monoisotopic (exact) mass is 981 g/mol. The average molecular weight is 981 g/mol. The van der Waals surface area contributed by atoms with E-state index in [4.69, 9.17) is 17.2 Å². The normalized spacial score (nSPS) is 23.5. The van der Waals surface area contributed by atoms with Crippen LogP contribution in [0.4, 0.5) is 0 Å². The van der Waals surface area contributed by atoms with Gasteiger partial charge in [0.2, 0.25) is 47.3 Å². The molecule has 0 bridgehead atoms. The van der Waals surface area contributed by atoms with Gasteiger partial charge in [-0.3, -0.25) is 57.5 Å². The summed E-state index contributed by atoms with van der Waals surface area (Å²) in [4.78, 5) is 164. The third-order valence-corrected chi connectivity index (χ3v) is 13.1. The van der Waals surface area contributed by atoms with Crippen LogP contribution in [0.5, 0.6) is 5.75 Å². The number of hydrogen-bond donors (Lipinski definition) is 7. The van der Waals surface area contributed by atoms with E-state index >= 15 is 0 Å². The van der Waals surface area contributed by atoms with E-state index < -0.39 is 150 Å². The molecule has 8 atom stereocenters. The number of aromatic hydroxyl groups is 1. The van der Waals surface area contributed by atoms with Crippen molar-refractivity contribution in [2.75, 3.05) is 26.7 Å². The quantitative estimate of drug-likeness (QED) is 0.104. The summed E-state index contributed by atoms with van der Waals surface area (Å²) in [5.74, 6) is -13.6. The number of Topliss-reactive ketones (excluding diaryl/α,β-unsaturated/α-hetero) is 4. The number of likely N-dealkylation sites (tertiary alicyclic amines) is 1. The molecule has 0 aliphatic carbocycles. The number of primary amides is 3. The van der Waals surface area contributed by atoms with Crippen molar-refractivity contribution in [3.05, 3.63) is 29.8 Å². The SMILES string of the molecule is CC[C@H](C)[C@@H]1NC(=O)[C@H](Cc2ccc(O)cc2)CC(=O)CN(C)C(=O)CC[C@@H](C(=O)N2CCC[C@H]2C(=O)C[C@@H](CC(C)C)C(=O)NCC(N)=O)CC(=O)[C@H](CC(N)=O)NC(=O)[C@H](CCC(N)=O)CC1=O. The summed E-state index contributed by atoms with van der Waals surface area (Å²) >= 11 is 0. The van der Waals surface area contributed by atoms with Crippen LogP contribution < -0.4 is 33.2 Å². The highest BCUT2D eigenvalue weighted by molar-refractivity contribution is 5.99. The molecule has 2 fully saturated rings. The molecule has 0 saturated carbocycles. The number of nitrogens with two attached hydrogens (primary N) is 3. The summed E-state index contributed by atoms with van der Waals surface area (Å²) in [5.41, 5.74) is 16.8. The molecule has 21 heteroatoms. The van der Waals surface area contributed by atoms with Gasteiger partial charge in [0, 0.05) is 75.8 Å². The van der Waals surface area contributed by atoms with E-state index in [2.05, 4.69) is 16.0 Å². The van der Waals surface area contributed by atoms with Crippen LogP contribution >= 0.6 is 0 Å². The van der Waals surface area contributed by atoms with Crippen LogP contribution in [0.3, 0.4) is 0 Å². The van der Waals surface area contributed by atoms with Crippen molar-refractivity contribution in [3.8, 4) is 5.75 Å². The van der Waals surface area contributed by atoms with Crippen molar-refractivity contribution in [1.82, 2.24) is 25.8 Å². The van der Waals surface area contributed by atoms with Crippen LogP contribution in [0.2, 0.25) is 0 Å². The largest absolute Gasteiger partial charge is 0.508 e. The second kappa shape index (κ2) is 27.6. The Balaban J connectivity index is 2.09. The van der Waals surface area contributed by atoms with Gasteiger partial charge in [-0.05, 0) is 68.1 Å². The van der Waals surface area contributed by atoms with Gasteiger partial charge in [-0.2, -0.15) is 0 Å². The molecular weight excluding hydrogens is 909 g/mol. The number of hydrogen-bond acceptors (Lipinski definition) is 13. The van der Waals surface area contributed by atoms with Gasteiger partial charge in [0.15, 0.2) is 23.1 Å². The van der Waals surface area contributed by atoms with Gasteiger partial charge in [0.25, 0.3) is 0 Å². The van der Waals surface area contributed by atoms with E-state index in [0.29, 0.717) is 18.4 Å². The van der Waals surface area contributed by atoms with E-state index in [9.17, 15) is 62.6 Å². The first-order valence-corrected chi connectivity index (χ1v) is 24.1. The molecule has 0 radical (unpaired) electrons. The molecule has 0 aromatic heterocycles. The molecule has 2 aliphatic heterocycles. The lowest BCUT2D eigenvalue weighted by Crippen LogP contribution is -2.51. The first-order valence-electron chi connectivity index (χ1n) is 24.1. The first-order chi connectivity index (χ1) is 32.9. The number of carbonyl (C=O) groups excluding carboxylic acids is 12. The Morgan fingerprint density at radius 2 is 1.49 bits per heavy atom. The number of benzene rings is 1. The topological polar surface area (TPSA) is 346 Å². The fraction of sp³-hybridized carbons (Fsp3) is 0.633. The minimum Gasteiger partial charge on any atom is -0.508 e. The molecule has 2 saturated heterocycles. The number of amides is 8. The van der Waals surface area contributed by atoms with E-state index in [1.165, 1.54) is 24.1 Å². The molecule has 2 heterocycles. The predicted molar refractivity (Wildman–Crippen MR) is 253 cm³/mol. The number of ketones is 4. The molecule has 386 valence electrons. The smallest absolute Gasteiger partial charge is 0.236 e. The van der Waals surface area contributed by atoms with Crippen LogP contribution in [0.1, 0.15) is 117 Å². The molecule has 70 heavy (non-hydrogen) atoms. The molecule has 21 nitrogen and oxygen atoms in total. The molecule has 2 aliphatic rings. The van der Waals surface area contributed by atoms with Gasteiger partial charge in [0.05, 0.1) is 37.6 Å². The molecule has 0 spiro atoms. The number of rotatable bonds is 18. The minimum absolute atomic E-state index is 0.000511. The summed E-state index contributed by atoms with van der Waals surface area (Å²) < 4.78 is 0. The van der Waals surface area contributed by atoms with Crippen LogP contribution in [0.25, 0.3) is 0 Å². The number of carbonyl (C=O) groups is 12. The van der Waals surface area contributed by atoms with E-state index in [1.54, 1.807) is 26.0 Å². The number of nitrogens with zero attached hydrogens (tertiary/aromatic N) is 2. The van der Waals surface area contributed by atoms with Crippen molar-refractivity contribution in [2.45, 2.75) is 136 Å². The maximum Gasteiger partial charge on any atom is 0.236 e. The highest BCUT2D eigenvalue weighted by atomic mass is 16.3. The highest BCUT2D eigenvalue weighted by Crippen LogP contribution is 2.29. The van der Waals surface area contributed by atoms with Crippen LogP contribution in [0, 0.1) is 35.5 Å². The Labute approximate surface area is 408 Å². The summed E-state index contributed by atoms with van der Waals surface area (Å²) in [6.45, 7) is 6.38. The molecule has 8 amide bonds. The zero-order valence-electron chi connectivity index (χ0n) is 41.0. The third kappa shape index (κ3) is 18.4. The van der Waals surface area contributed by atoms with Crippen molar-refractivity contribution in [3.63, 3.8) is 0 Å². The van der Waals surface area contributed by atoms with E-state index in [1.807, 2.05) is 13.8 Å². The second-order valence-corrected chi connectivity index (χ2v) is 19.3. The van der Waals surface area contributed by atoms with Crippen molar-refractivity contribution in [1.29, 1.82) is 0 Å². The lowest BCUT2D eigenvalue weighted by molar-refractivity contribution is -0.144. The standard InChI is InChI=1S/C49H72N8O13/c1-6-28(4)45-40(62)21-30(11-15-41(50)63)47(68)54-36(24-42(51)64)38(60)22-31(49(70)57-17-7-8-37(57)39(61)23-32(18-27(2)3)46(67)53-25-43(52)65)12-16-44(66)56(5)26-35(59)20-33(48(69)55-45)19-29-9-13-34(58)14-10-29/h9-10,13-14,27-28,30-33,36-37,45,58H,6-8,11-12,15-26H2,1-5H3,(H2,50,63)(H2,51,64)(H2,52,65)(H,53,67)(H,54,68)(H,55,69)/t28-,30+,31+,32+,33+,36-,37-,45-/m0/s1. The van der Waals surface area contributed by atoms with Crippen LogP contribution in [-0.2, 0) is 64.0 Å². The Hall–Kier alpha value is -6.54. The molecule has 1 aromatic carbocycles. The zero-order valence-corrected chi connectivity index (χ0v) is 41.0. The second-order valence-electron chi connectivity index (χ2n) is 19.3. The van der Waals surface area contributed by atoms with Crippen molar-refractivity contribution >= 4 is 70.4 Å². The highest BCUT2D eigenvalue weighted by Gasteiger charge is 2.41. The lowest BCUT2D eigenvalue weighted by atomic mass is 9.86. The molecular formula is C49H72N8O13. The summed E-state index contributed by atoms with van der Waals surface area (Å²) in [6, 6.07) is 2.12. The fourth-order valence-electron chi connectivity index (χ4n) is 9.00. The van der Waals surface area contributed by atoms with E-state index in [-0.39, 0.29) is 76.0 Å². The third-order valence-electron chi connectivity index (χ3n) is 13.1. The van der Waals surface area contributed by atoms with E-state index in [0.717, 1.165) is 4.90 Å². The minimum atomic E-state index is -1.65. The summed E-state index contributed by atoms with van der Waals surface area (Å²) in [5, 5.41) is 17.6. The molecule has 3 rings (SSSR count). The molecule has 0 unspecified atom stereocenters. The lowest BCUT2D eigenvalue weighted by Gasteiger charge is -2.30. The Bertz CT molecular complexity index is 2110. The fourth-order valence-corrected chi connectivity index (χ4v) is 9.00. The number of nitrogens with one attached hydrogen (secondary N) is 3. The Morgan fingerprint density at radius 3 is 2.09 bits per heavy atom. The summed E-state index contributed by atoms with van der Waals surface area (Å²) in [6.07, 6.45) is -2.61. The van der Waals surface area contributed by atoms with Gasteiger partial charge >= 0.3 is 0 Å². The van der Waals surface area contributed by atoms with Gasteiger partial charge in [-0.25, -0.2) is 0 Å².